The first kappa shape index (κ1) is 29.4. The number of anilines is 1. The molecule has 4 rings (SSSR count). The van der Waals surface area contributed by atoms with Crippen molar-refractivity contribution in [3.05, 3.63) is 16.7 Å². The van der Waals surface area contributed by atoms with Gasteiger partial charge >= 0.3 is 0 Å². The fraction of sp³-hybridized carbons (Fsp3) is 0.815. The van der Waals surface area contributed by atoms with Crippen LogP contribution in [0.4, 0.5) is 5.95 Å². The first-order valence-corrected chi connectivity index (χ1v) is 20.0. The van der Waals surface area contributed by atoms with Gasteiger partial charge in [-0.15, -0.1) is 0 Å². The molecular formula is C27H49N5O4Si2. The summed E-state index contributed by atoms with van der Waals surface area (Å²) in [7, 11) is -4.03. The molecule has 11 heteroatoms. The minimum Gasteiger partial charge on any atom is -0.414 e. The van der Waals surface area contributed by atoms with Crippen LogP contribution >= 0.6 is 0 Å². The predicted octanol–water partition coefficient (Wildman–Crippen LogP) is 5.81. The zero-order valence-electron chi connectivity index (χ0n) is 25.2. The summed E-state index contributed by atoms with van der Waals surface area (Å²) in [5.74, 6) is 0.619. The smallest absolute Gasteiger partial charge is 0.280 e. The van der Waals surface area contributed by atoms with E-state index in [-0.39, 0.29) is 34.1 Å². The maximum absolute atomic E-state index is 12.9. The van der Waals surface area contributed by atoms with Gasteiger partial charge in [0, 0.05) is 19.5 Å². The molecule has 0 aromatic carbocycles. The summed E-state index contributed by atoms with van der Waals surface area (Å²) in [6, 6.07) is 0. The van der Waals surface area contributed by atoms with Crippen molar-refractivity contribution in [2.45, 2.75) is 122 Å². The normalized spacial score (nSPS) is 23.9. The summed E-state index contributed by atoms with van der Waals surface area (Å²) in [5.41, 5.74) is 0.702. The van der Waals surface area contributed by atoms with Crippen LogP contribution in [0.5, 0.6) is 0 Å². The van der Waals surface area contributed by atoms with E-state index in [1.807, 2.05) is 4.57 Å². The number of imidazole rings is 1. The zero-order chi connectivity index (χ0) is 28.1. The molecule has 38 heavy (non-hydrogen) atoms. The van der Waals surface area contributed by atoms with Gasteiger partial charge in [-0.25, -0.2) is 4.98 Å². The van der Waals surface area contributed by atoms with Crippen LogP contribution in [0.3, 0.4) is 0 Å². The van der Waals surface area contributed by atoms with E-state index in [1.54, 1.807) is 6.33 Å². The van der Waals surface area contributed by atoms with Crippen LogP contribution in [0, 0.1) is 0 Å². The summed E-state index contributed by atoms with van der Waals surface area (Å²) >= 11 is 0. The van der Waals surface area contributed by atoms with E-state index < -0.39 is 16.6 Å². The van der Waals surface area contributed by atoms with Gasteiger partial charge < -0.3 is 18.5 Å². The number of hydrogen-bond donors (Lipinski definition) is 1. The van der Waals surface area contributed by atoms with Gasteiger partial charge in [0.15, 0.2) is 27.8 Å². The van der Waals surface area contributed by atoms with Crippen molar-refractivity contribution in [3.63, 3.8) is 0 Å². The Morgan fingerprint density at radius 3 is 2.26 bits per heavy atom. The summed E-state index contributed by atoms with van der Waals surface area (Å²) in [5, 5.41) is 0.187. The van der Waals surface area contributed by atoms with Gasteiger partial charge in [-0.1, -0.05) is 41.5 Å². The van der Waals surface area contributed by atoms with Gasteiger partial charge in [0.2, 0.25) is 5.95 Å². The summed E-state index contributed by atoms with van der Waals surface area (Å²) < 4.78 is 22.1. The molecule has 2 aromatic rings. The molecule has 0 spiro atoms. The third-order valence-electron chi connectivity index (χ3n) is 9.23. The number of H-pyrrole nitrogens is 1. The average Bonchev–Trinajstić information content (AvgIpc) is 3.40. The van der Waals surface area contributed by atoms with E-state index in [9.17, 15) is 4.79 Å². The monoisotopic (exact) mass is 563 g/mol. The van der Waals surface area contributed by atoms with E-state index in [1.165, 1.54) is 6.42 Å². The lowest BCUT2D eigenvalue weighted by Crippen LogP contribution is -2.48. The first-order valence-electron chi connectivity index (χ1n) is 14.2. The molecule has 0 unspecified atom stereocenters. The fourth-order valence-electron chi connectivity index (χ4n) is 4.59. The highest BCUT2D eigenvalue weighted by Crippen LogP contribution is 2.42. The average molecular weight is 564 g/mol. The van der Waals surface area contributed by atoms with Gasteiger partial charge in [0.05, 0.1) is 19.0 Å². The molecular weight excluding hydrogens is 515 g/mol. The second kappa shape index (κ2) is 10.5. The molecule has 2 aromatic heterocycles. The van der Waals surface area contributed by atoms with Crippen molar-refractivity contribution in [2.24, 2.45) is 0 Å². The van der Waals surface area contributed by atoms with E-state index in [2.05, 4.69) is 82.6 Å². The molecule has 2 aliphatic rings. The molecule has 0 bridgehead atoms. The number of rotatable bonds is 7. The standard InChI is InChI=1S/C27H49N5O4Si2/c1-26(2,3)37(7,8)34-17-20-19(36-38(9,10)27(4,5)6)16-21(35-20)32-18-28-22-23(32)29-25(30-24(22)33)31-14-12-11-13-15-31/h18-21H,11-17H2,1-10H3,(H,29,30,33)/t19-,20+,21+/m0/s1. The lowest BCUT2D eigenvalue weighted by molar-refractivity contribution is -0.0383. The molecule has 2 aliphatic heterocycles. The Labute approximate surface area is 229 Å². The Balaban J connectivity index is 1.64. The van der Waals surface area contributed by atoms with Gasteiger partial charge in [-0.2, -0.15) is 4.98 Å². The topological polar surface area (TPSA) is 94.5 Å². The van der Waals surface area contributed by atoms with Crippen molar-refractivity contribution < 1.29 is 13.6 Å². The molecule has 2 saturated heterocycles. The van der Waals surface area contributed by atoms with Crippen molar-refractivity contribution in [1.29, 1.82) is 0 Å². The van der Waals surface area contributed by atoms with E-state index >= 15 is 0 Å². The number of fused-ring (bicyclic) bond motifs is 1. The second-order valence-corrected chi connectivity index (χ2v) is 23.7. The Morgan fingerprint density at radius 1 is 1.03 bits per heavy atom. The van der Waals surface area contributed by atoms with Crippen molar-refractivity contribution >= 4 is 33.7 Å². The Kier molecular flexibility index (Phi) is 8.10. The fourth-order valence-corrected chi connectivity index (χ4v) is 6.96. The lowest BCUT2D eigenvalue weighted by Gasteiger charge is -2.40. The van der Waals surface area contributed by atoms with Gasteiger partial charge in [-0.05, 0) is 55.5 Å². The van der Waals surface area contributed by atoms with Crippen LogP contribution < -0.4 is 10.5 Å². The van der Waals surface area contributed by atoms with E-state index in [4.69, 9.17) is 18.6 Å². The van der Waals surface area contributed by atoms with Crippen molar-refractivity contribution in [3.8, 4) is 0 Å². The predicted molar refractivity (Wildman–Crippen MR) is 158 cm³/mol. The van der Waals surface area contributed by atoms with Gasteiger partial charge in [0.25, 0.3) is 5.56 Å². The number of nitrogens with zero attached hydrogens (tertiary/aromatic N) is 4. The molecule has 0 saturated carbocycles. The third kappa shape index (κ3) is 5.96. The number of hydrogen-bond acceptors (Lipinski definition) is 7. The molecule has 0 radical (unpaired) electrons. The van der Waals surface area contributed by atoms with Gasteiger partial charge in [0.1, 0.15) is 12.3 Å². The van der Waals surface area contributed by atoms with E-state index in [0.29, 0.717) is 30.1 Å². The van der Waals surface area contributed by atoms with Gasteiger partial charge in [-0.3, -0.25) is 14.3 Å². The maximum atomic E-state index is 12.9. The zero-order valence-corrected chi connectivity index (χ0v) is 27.2. The highest BCUT2D eigenvalue weighted by atomic mass is 28.4. The Morgan fingerprint density at radius 2 is 1.66 bits per heavy atom. The Bertz CT molecular complexity index is 1170. The Hall–Kier alpha value is -1.54. The lowest BCUT2D eigenvalue weighted by atomic mass is 10.1. The molecule has 214 valence electrons. The van der Waals surface area contributed by atoms with E-state index in [0.717, 1.165) is 25.9 Å². The molecule has 1 N–H and O–H groups in total. The number of aromatic nitrogens is 4. The number of nitrogens with one attached hydrogen (secondary N) is 1. The largest absolute Gasteiger partial charge is 0.414 e. The van der Waals surface area contributed by atoms with Crippen LogP contribution in [0.2, 0.25) is 36.3 Å². The molecule has 3 atom stereocenters. The first-order chi connectivity index (χ1) is 17.5. The van der Waals surface area contributed by atoms with Crippen LogP contribution in [-0.4, -0.2) is 68.1 Å². The summed E-state index contributed by atoms with van der Waals surface area (Å²) in [4.78, 5) is 27.4. The molecule has 4 heterocycles. The number of piperidine rings is 1. The van der Waals surface area contributed by atoms with Crippen LogP contribution in [0.15, 0.2) is 11.1 Å². The van der Waals surface area contributed by atoms with Crippen LogP contribution in [0.25, 0.3) is 11.2 Å². The summed E-state index contributed by atoms with van der Waals surface area (Å²) in [6.07, 6.45) is 5.14. The van der Waals surface area contributed by atoms with Crippen LogP contribution in [-0.2, 0) is 13.6 Å². The highest BCUT2D eigenvalue weighted by Gasteiger charge is 2.47. The SMILES string of the molecule is CC(C)(C)[Si](C)(C)OC[C@H]1O[C@@H](n2cnc3c(=O)[nH]c(N4CCCCC4)nc32)C[C@@H]1O[Si](C)(C)C(C)(C)C. The van der Waals surface area contributed by atoms with Crippen molar-refractivity contribution in [2.75, 3.05) is 24.6 Å². The number of aromatic amines is 1. The second-order valence-electron chi connectivity index (χ2n) is 14.1. The maximum Gasteiger partial charge on any atom is 0.280 e. The number of ether oxygens (including phenoxy) is 1. The minimum atomic E-state index is -2.06. The van der Waals surface area contributed by atoms with Crippen LogP contribution in [0.1, 0.15) is 73.5 Å². The summed E-state index contributed by atoms with van der Waals surface area (Å²) in [6.45, 7) is 24.9. The molecule has 9 nitrogen and oxygen atoms in total. The highest BCUT2D eigenvalue weighted by molar-refractivity contribution is 6.74. The quantitative estimate of drug-likeness (QED) is 0.425. The van der Waals surface area contributed by atoms with Crippen molar-refractivity contribution in [1.82, 2.24) is 19.5 Å². The molecule has 2 fully saturated rings. The molecule has 0 amide bonds. The minimum absolute atomic E-state index is 0.0792. The third-order valence-corrected chi connectivity index (χ3v) is 18.2. The molecule has 0 aliphatic carbocycles.